The smallest absolute Gasteiger partial charge is 0.211 e. The number of sulfonamides is 1. The topological polar surface area (TPSA) is 61.4 Å². The zero-order valence-electron chi connectivity index (χ0n) is 11.6. The summed E-state index contributed by atoms with van der Waals surface area (Å²) in [6, 6.07) is 0. The molecule has 0 bridgehead atoms. The Bertz CT molecular complexity index is 311. The molecule has 1 rings (SSSR count). The molecular formula is C12H27N3O2S. The third kappa shape index (κ3) is 7.31. The molecule has 1 aliphatic heterocycles. The van der Waals surface area contributed by atoms with Gasteiger partial charge in [0.1, 0.15) is 0 Å². The first-order valence-corrected chi connectivity index (χ1v) is 8.47. The highest BCUT2D eigenvalue weighted by atomic mass is 32.2. The fourth-order valence-electron chi connectivity index (χ4n) is 2.19. The van der Waals surface area contributed by atoms with Gasteiger partial charge < -0.3 is 10.2 Å². The number of piperidine rings is 1. The quantitative estimate of drug-likeness (QED) is 0.624. The van der Waals surface area contributed by atoms with Crippen molar-refractivity contribution in [1.29, 1.82) is 0 Å². The molecule has 0 aliphatic carbocycles. The molecule has 0 aromatic carbocycles. The maximum absolute atomic E-state index is 11.8. The summed E-state index contributed by atoms with van der Waals surface area (Å²) in [5.41, 5.74) is 0. The normalized spacial score (nSPS) is 18.4. The van der Waals surface area contributed by atoms with Crippen LogP contribution < -0.4 is 10.0 Å². The van der Waals surface area contributed by atoms with Gasteiger partial charge >= 0.3 is 0 Å². The molecule has 0 spiro atoms. The van der Waals surface area contributed by atoms with Crippen LogP contribution in [0, 0.1) is 5.92 Å². The third-order valence-electron chi connectivity index (χ3n) is 3.36. The van der Waals surface area contributed by atoms with E-state index in [1.165, 1.54) is 0 Å². The van der Waals surface area contributed by atoms with Crippen LogP contribution in [0.4, 0.5) is 0 Å². The number of rotatable bonds is 8. The molecule has 0 atom stereocenters. The van der Waals surface area contributed by atoms with Gasteiger partial charge in [0.05, 0.1) is 5.75 Å². The lowest BCUT2D eigenvalue weighted by atomic mass is 9.96. The van der Waals surface area contributed by atoms with Gasteiger partial charge in [-0.05, 0) is 65.3 Å². The van der Waals surface area contributed by atoms with Crippen LogP contribution in [0.2, 0.25) is 0 Å². The molecule has 1 aliphatic rings. The lowest BCUT2D eigenvalue weighted by Crippen LogP contribution is -2.32. The Balaban J connectivity index is 2.14. The molecule has 0 saturated carbocycles. The summed E-state index contributed by atoms with van der Waals surface area (Å²) >= 11 is 0. The first kappa shape index (κ1) is 15.9. The van der Waals surface area contributed by atoms with Crippen LogP contribution in [-0.2, 0) is 10.0 Å². The van der Waals surface area contributed by atoms with Crippen molar-refractivity contribution in [2.75, 3.05) is 46.0 Å². The fraction of sp³-hybridized carbons (Fsp3) is 1.00. The molecule has 0 radical (unpaired) electrons. The Labute approximate surface area is 111 Å². The second kappa shape index (κ2) is 8.09. The summed E-state index contributed by atoms with van der Waals surface area (Å²) in [5.74, 6) is 0.851. The van der Waals surface area contributed by atoms with Gasteiger partial charge in [0.25, 0.3) is 0 Å². The minimum atomic E-state index is -3.07. The van der Waals surface area contributed by atoms with Crippen LogP contribution in [0.5, 0.6) is 0 Å². The van der Waals surface area contributed by atoms with E-state index in [9.17, 15) is 8.42 Å². The highest BCUT2D eigenvalue weighted by Gasteiger charge is 2.17. The Morgan fingerprint density at radius 2 is 1.94 bits per heavy atom. The van der Waals surface area contributed by atoms with E-state index in [0.717, 1.165) is 45.3 Å². The number of hydrogen-bond donors (Lipinski definition) is 2. The minimum absolute atomic E-state index is 0.277. The SMILES string of the molecule is CN(C)CCCNS(=O)(=O)CCC1CCNCC1. The number of nitrogens with one attached hydrogen (secondary N) is 2. The monoisotopic (exact) mass is 277 g/mol. The fourth-order valence-corrected chi connectivity index (χ4v) is 3.43. The van der Waals surface area contributed by atoms with Crippen molar-refractivity contribution in [2.24, 2.45) is 5.92 Å². The van der Waals surface area contributed by atoms with Gasteiger partial charge in [-0.15, -0.1) is 0 Å². The summed E-state index contributed by atoms with van der Waals surface area (Å²) in [5, 5.41) is 3.29. The van der Waals surface area contributed by atoms with E-state index < -0.39 is 10.0 Å². The average Bonchev–Trinajstić information content (AvgIpc) is 2.34. The molecule has 1 fully saturated rings. The van der Waals surface area contributed by atoms with E-state index in [0.29, 0.717) is 12.5 Å². The highest BCUT2D eigenvalue weighted by Crippen LogP contribution is 2.16. The maximum atomic E-state index is 11.8. The van der Waals surface area contributed by atoms with E-state index in [1.807, 2.05) is 14.1 Å². The molecule has 0 unspecified atom stereocenters. The van der Waals surface area contributed by atoms with Crippen molar-refractivity contribution in [1.82, 2.24) is 14.9 Å². The Hall–Kier alpha value is -0.170. The Kier molecular flexibility index (Phi) is 7.14. The lowest BCUT2D eigenvalue weighted by Gasteiger charge is -2.22. The van der Waals surface area contributed by atoms with E-state index in [-0.39, 0.29) is 5.75 Å². The van der Waals surface area contributed by atoms with E-state index in [2.05, 4.69) is 14.9 Å². The molecule has 6 heteroatoms. The minimum Gasteiger partial charge on any atom is -0.317 e. The van der Waals surface area contributed by atoms with Crippen molar-refractivity contribution in [3.63, 3.8) is 0 Å². The first-order chi connectivity index (χ1) is 8.49. The lowest BCUT2D eigenvalue weighted by molar-refractivity contribution is 0.365. The predicted molar refractivity (Wildman–Crippen MR) is 75.2 cm³/mol. The Morgan fingerprint density at radius 1 is 1.28 bits per heavy atom. The van der Waals surface area contributed by atoms with Crippen molar-refractivity contribution >= 4 is 10.0 Å². The van der Waals surface area contributed by atoms with Gasteiger partial charge in [-0.25, -0.2) is 13.1 Å². The Morgan fingerprint density at radius 3 is 2.56 bits per heavy atom. The van der Waals surface area contributed by atoms with Gasteiger partial charge in [0.2, 0.25) is 10.0 Å². The van der Waals surface area contributed by atoms with E-state index in [4.69, 9.17) is 0 Å². The second-order valence-electron chi connectivity index (χ2n) is 5.35. The van der Waals surface area contributed by atoms with Gasteiger partial charge in [0.15, 0.2) is 0 Å². The summed E-state index contributed by atoms with van der Waals surface area (Å²) in [7, 11) is 0.916. The molecule has 108 valence electrons. The van der Waals surface area contributed by atoms with Gasteiger partial charge in [-0.1, -0.05) is 0 Å². The highest BCUT2D eigenvalue weighted by molar-refractivity contribution is 7.89. The molecule has 0 aromatic heterocycles. The third-order valence-corrected chi connectivity index (χ3v) is 4.77. The van der Waals surface area contributed by atoms with Crippen LogP contribution in [0.25, 0.3) is 0 Å². The van der Waals surface area contributed by atoms with Crippen molar-refractivity contribution in [2.45, 2.75) is 25.7 Å². The standard InChI is InChI=1S/C12H27N3O2S/c1-15(2)10-3-7-14-18(16,17)11-6-12-4-8-13-9-5-12/h12-14H,3-11H2,1-2H3. The average molecular weight is 277 g/mol. The van der Waals surface area contributed by atoms with Crippen LogP contribution in [0.3, 0.4) is 0 Å². The summed E-state index contributed by atoms with van der Waals surface area (Å²) in [6.07, 6.45) is 3.87. The second-order valence-corrected chi connectivity index (χ2v) is 7.28. The zero-order valence-corrected chi connectivity index (χ0v) is 12.4. The van der Waals surface area contributed by atoms with E-state index in [1.54, 1.807) is 0 Å². The summed E-state index contributed by atoms with van der Waals surface area (Å²) in [6.45, 7) is 3.52. The van der Waals surface area contributed by atoms with Gasteiger partial charge in [-0.3, -0.25) is 0 Å². The molecule has 18 heavy (non-hydrogen) atoms. The zero-order chi connectivity index (χ0) is 13.4. The molecule has 2 N–H and O–H groups in total. The molecule has 0 amide bonds. The van der Waals surface area contributed by atoms with Crippen LogP contribution in [0.1, 0.15) is 25.7 Å². The summed E-state index contributed by atoms with van der Waals surface area (Å²) < 4.78 is 26.2. The maximum Gasteiger partial charge on any atom is 0.211 e. The van der Waals surface area contributed by atoms with Crippen molar-refractivity contribution < 1.29 is 8.42 Å². The largest absolute Gasteiger partial charge is 0.317 e. The van der Waals surface area contributed by atoms with Crippen LogP contribution in [-0.4, -0.2) is 59.3 Å². The molecular weight excluding hydrogens is 250 g/mol. The number of nitrogens with zero attached hydrogens (tertiary/aromatic N) is 1. The molecule has 5 nitrogen and oxygen atoms in total. The molecule has 1 heterocycles. The number of hydrogen-bond acceptors (Lipinski definition) is 4. The van der Waals surface area contributed by atoms with Crippen LogP contribution in [0.15, 0.2) is 0 Å². The molecule has 0 aromatic rings. The van der Waals surface area contributed by atoms with E-state index >= 15 is 0 Å². The van der Waals surface area contributed by atoms with Crippen molar-refractivity contribution in [3.05, 3.63) is 0 Å². The van der Waals surface area contributed by atoms with Gasteiger partial charge in [-0.2, -0.15) is 0 Å². The molecule has 1 saturated heterocycles. The van der Waals surface area contributed by atoms with Crippen LogP contribution >= 0.6 is 0 Å². The van der Waals surface area contributed by atoms with Gasteiger partial charge in [0, 0.05) is 6.54 Å². The first-order valence-electron chi connectivity index (χ1n) is 6.82. The van der Waals surface area contributed by atoms with Crippen molar-refractivity contribution in [3.8, 4) is 0 Å². The summed E-state index contributed by atoms with van der Waals surface area (Å²) in [4.78, 5) is 2.06. The predicted octanol–water partition coefficient (Wildman–Crippen LogP) is 0.247.